The molecule has 3 atom stereocenters. The van der Waals surface area contributed by atoms with Crippen LogP contribution in [0.4, 0.5) is 0 Å². The summed E-state index contributed by atoms with van der Waals surface area (Å²) in [5, 5.41) is 11.0. The molecule has 1 aliphatic heterocycles. The van der Waals surface area contributed by atoms with Crippen molar-refractivity contribution in [3.8, 4) is 5.75 Å². The average Bonchev–Trinajstić information content (AvgIpc) is 2.98. The standard InChI is InChI=1S/C21H24N2O4/c1-13-22-17-16(23(13)2)10-9-15-20(17)27-19(14-7-5-4-6-8-14)18(24)21(15)26-12-11-25-3/h4-10,18-19,21,24H,11-12H2,1-3H3/t18-,19-,21-/m1/s1. The summed E-state index contributed by atoms with van der Waals surface area (Å²) in [6, 6.07) is 13.7. The number of ether oxygens (including phenoxy) is 3. The van der Waals surface area contributed by atoms with E-state index in [2.05, 4.69) is 4.98 Å². The van der Waals surface area contributed by atoms with E-state index < -0.39 is 18.3 Å². The number of aliphatic hydroxyl groups excluding tert-OH is 1. The lowest BCUT2D eigenvalue weighted by Crippen LogP contribution is -2.36. The van der Waals surface area contributed by atoms with Gasteiger partial charge in [-0.1, -0.05) is 36.4 Å². The summed E-state index contributed by atoms with van der Waals surface area (Å²) >= 11 is 0. The number of aliphatic hydroxyl groups is 1. The molecule has 0 saturated heterocycles. The van der Waals surface area contributed by atoms with Gasteiger partial charge in [-0.05, 0) is 18.6 Å². The predicted molar refractivity (Wildman–Crippen MR) is 102 cm³/mol. The van der Waals surface area contributed by atoms with Crippen LogP contribution in [0, 0.1) is 6.92 Å². The van der Waals surface area contributed by atoms with Gasteiger partial charge in [0.15, 0.2) is 11.9 Å². The second kappa shape index (κ2) is 7.31. The van der Waals surface area contributed by atoms with Crippen LogP contribution in [0.3, 0.4) is 0 Å². The van der Waals surface area contributed by atoms with Gasteiger partial charge in [-0.15, -0.1) is 0 Å². The summed E-state index contributed by atoms with van der Waals surface area (Å²) in [4.78, 5) is 4.69. The van der Waals surface area contributed by atoms with E-state index in [0.717, 1.165) is 28.0 Å². The van der Waals surface area contributed by atoms with Crippen LogP contribution in [-0.4, -0.2) is 41.1 Å². The van der Waals surface area contributed by atoms with Gasteiger partial charge in [0.25, 0.3) is 0 Å². The number of imidazole rings is 1. The molecule has 0 bridgehead atoms. The number of rotatable bonds is 5. The predicted octanol–water partition coefficient (Wildman–Crippen LogP) is 3.08. The number of nitrogens with zero attached hydrogens (tertiary/aromatic N) is 2. The van der Waals surface area contributed by atoms with Crippen molar-refractivity contribution in [1.82, 2.24) is 9.55 Å². The van der Waals surface area contributed by atoms with Crippen molar-refractivity contribution in [3.05, 3.63) is 59.4 Å². The van der Waals surface area contributed by atoms with Crippen LogP contribution in [0.1, 0.15) is 29.2 Å². The normalized spacial score (nSPS) is 21.9. The summed E-state index contributed by atoms with van der Waals surface area (Å²) < 4.78 is 19.5. The van der Waals surface area contributed by atoms with E-state index in [1.54, 1.807) is 7.11 Å². The zero-order chi connectivity index (χ0) is 19.0. The minimum absolute atomic E-state index is 0.387. The molecular formula is C21H24N2O4. The van der Waals surface area contributed by atoms with Gasteiger partial charge in [-0.25, -0.2) is 4.98 Å². The van der Waals surface area contributed by atoms with Gasteiger partial charge in [0, 0.05) is 19.7 Å². The monoisotopic (exact) mass is 368 g/mol. The van der Waals surface area contributed by atoms with Crippen molar-refractivity contribution in [2.45, 2.75) is 25.2 Å². The highest BCUT2D eigenvalue weighted by molar-refractivity contribution is 5.84. The summed E-state index contributed by atoms with van der Waals surface area (Å²) in [5.41, 5.74) is 3.50. The molecular weight excluding hydrogens is 344 g/mol. The first-order valence-electron chi connectivity index (χ1n) is 9.08. The highest BCUT2D eigenvalue weighted by Crippen LogP contribution is 2.46. The second-order valence-corrected chi connectivity index (χ2v) is 6.79. The third-order valence-corrected chi connectivity index (χ3v) is 5.15. The van der Waals surface area contributed by atoms with Gasteiger partial charge < -0.3 is 23.9 Å². The van der Waals surface area contributed by atoms with E-state index in [0.29, 0.717) is 19.0 Å². The fourth-order valence-corrected chi connectivity index (χ4v) is 3.61. The molecule has 2 aromatic carbocycles. The molecule has 0 unspecified atom stereocenters. The molecule has 6 nitrogen and oxygen atoms in total. The van der Waals surface area contributed by atoms with Crippen LogP contribution in [0.5, 0.6) is 5.75 Å². The van der Waals surface area contributed by atoms with Crippen molar-refractivity contribution in [2.75, 3.05) is 20.3 Å². The smallest absolute Gasteiger partial charge is 0.154 e. The first-order chi connectivity index (χ1) is 13.1. The molecule has 3 aromatic rings. The Hall–Kier alpha value is -2.41. The molecule has 0 aliphatic carbocycles. The van der Waals surface area contributed by atoms with Gasteiger partial charge >= 0.3 is 0 Å². The molecule has 0 spiro atoms. The van der Waals surface area contributed by atoms with Gasteiger partial charge in [0.1, 0.15) is 23.5 Å². The molecule has 1 N–H and O–H groups in total. The fourth-order valence-electron chi connectivity index (χ4n) is 3.61. The van der Waals surface area contributed by atoms with Crippen LogP contribution in [-0.2, 0) is 16.5 Å². The van der Waals surface area contributed by atoms with Crippen molar-refractivity contribution in [2.24, 2.45) is 7.05 Å². The molecule has 1 aliphatic rings. The number of hydrogen-bond acceptors (Lipinski definition) is 5. The molecule has 0 saturated carbocycles. The largest absolute Gasteiger partial charge is 0.480 e. The fraction of sp³-hybridized carbons (Fsp3) is 0.381. The van der Waals surface area contributed by atoms with E-state index >= 15 is 0 Å². The Bertz CT molecular complexity index is 938. The van der Waals surface area contributed by atoms with Crippen LogP contribution in [0.15, 0.2) is 42.5 Å². The van der Waals surface area contributed by atoms with Gasteiger partial charge in [-0.2, -0.15) is 0 Å². The molecule has 0 amide bonds. The Balaban J connectivity index is 1.82. The van der Waals surface area contributed by atoms with Crippen molar-refractivity contribution in [3.63, 3.8) is 0 Å². The first kappa shape index (κ1) is 18.0. The third-order valence-electron chi connectivity index (χ3n) is 5.15. The Morgan fingerprint density at radius 3 is 2.67 bits per heavy atom. The molecule has 4 rings (SSSR count). The Morgan fingerprint density at radius 2 is 1.93 bits per heavy atom. The minimum atomic E-state index is -0.834. The maximum atomic E-state index is 11.0. The van der Waals surface area contributed by atoms with Gasteiger partial charge in [-0.3, -0.25) is 0 Å². The van der Waals surface area contributed by atoms with E-state index in [1.807, 2.05) is 61.0 Å². The summed E-state index contributed by atoms with van der Waals surface area (Å²) in [7, 11) is 3.61. The van der Waals surface area contributed by atoms with E-state index in [9.17, 15) is 5.11 Å². The lowest BCUT2D eigenvalue weighted by Gasteiger charge is -2.37. The zero-order valence-corrected chi connectivity index (χ0v) is 15.8. The molecule has 0 fully saturated rings. The maximum Gasteiger partial charge on any atom is 0.154 e. The molecule has 2 heterocycles. The molecule has 142 valence electrons. The summed E-state index contributed by atoms with van der Waals surface area (Å²) in [6.45, 7) is 2.81. The molecule has 1 aromatic heterocycles. The molecule has 0 radical (unpaired) electrons. The molecule has 27 heavy (non-hydrogen) atoms. The molecule has 6 heteroatoms. The van der Waals surface area contributed by atoms with E-state index in [1.165, 1.54) is 0 Å². The van der Waals surface area contributed by atoms with E-state index in [4.69, 9.17) is 14.2 Å². The number of aryl methyl sites for hydroxylation is 2. The van der Waals surface area contributed by atoms with Gasteiger partial charge in [0.2, 0.25) is 0 Å². The van der Waals surface area contributed by atoms with Crippen LogP contribution >= 0.6 is 0 Å². The summed E-state index contributed by atoms with van der Waals surface area (Å²) in [5.74, 6) is 1.58. The van der Waals surface area contributed by atoms with Crippen molar-refractivity contribution in [1.29, 1.82) is 0 Å². The lowest BCUT2D eigenvalue weighted by atomic mass is 9.91. The van der Waals surface area contributed by atoms with E-state index in [-0.39, 0.29) is 0 Å². The SMILES string of the molecule is COCCO[C@@H]1c2ccc3c(nc(C)n3C)c2O[C@H](c2ccccc2)[C@H]1O. The quantitative estimate of drug-likeness (QED) is 0.701. The Morgan fingerprint density at radius 1 is 1.15 bits per heavy atom. The zero-order valence-electron chi connectivity index (χ0n) is 15.8. The van der Waals surface area contributed by atoms with Crippen LogP contribution < -0.4 is 4.74 Å². The number of hydrogen-bond donors (Lipinski definition) is 1. The van der Waals surface area contributed by atoms with Crippen LogP contribution in [0.25, 0.3) is 11.0 Å². The third kappa shape index (κ3) is 3.10. The average molecular weight is 368 g/mol. The Kier molecular flexibility index (Phi) is 4.86. The van der Waals surface area contributed by atoms with Crippen molar-refractivity contribution >= 4 is 11.0 Å². The maximum absolute atomic E-state index is 11.0. The summed E-state index contributed by atoms with van der Waals surface area (Å²) in [6.07, 6.45) is -1.88. The van der Waals surface area contributed by atoms with Crippen molar-refractivity contribution < 1.29 is 19.3 Å². The topological polar surface area (TPSA) is 65.7 Å². The number of benzene rings is 2. The minimum Gasteiger partial charge on any atom is -0.480 e. The Labute approximate surface area is 158 Å². The lowest BCUT2D eigenvalue weighted by molar-refractivity contribution is -0.108. The highest BCUT2D eigenvalue weighted by Gasteiger charge is 2.40. The highest BCUT2D eigenvalue weighted by atomic mass is 16.5. The first-order valence-corrected chi connectivity index (χ1v) is 9.08. The number of fused-ring (bicyclic) bond motifs is 3. The number of methoxy groups -OCH3 is 1. The van der Waals surface area contributed by atoms with Gasteiger partial charge in [0.05, 0.1) is 18.7 Å². The second-order valence-electron chi connectivity index (χ2n) is 6.79. The number of aromatic nitrogens is 2. The van der Waals surface area contributed by atoms with Crippen LogP contribution in [0.2, 0.25) is 0 Å².